The second kappa shape index (κ2) is 6.73. The number of sulfonamides is 1. The van der Waals surface area contributed by atoms with Gasteiger partial charge in [-0.05, 0) is 41.8 Å². The van der Waals surface area contributed by atoms with E-state index in [1.54, 1.807) is 30.3 Å². The number of methoxy groups -OCH3 is 1. The summed E-state index contributed by atoms with van der Waals surface area (Å²) >= 11 is 0. The summed E-state index contributed by atoms with van der Waals surface area (Å²) in [6, 6.07) is 9.95. The molecule has 2 aromatic carbocycles. The Kier molecular flexibility index (Phi) is 4.65. The van der Waals surface area contributed by atoms with Gasteiger partial charge in [-0.15, -0.1) is 0 Å². The SMILES string of the molecule is CCc1ccc(OC)c(S(=O)(=O)Nc2noc3ccc(CO)cc23)c1. The molecule has 0 unspecified atom stereocenters. The number of aryl methyl sites for hydroxylation is 1. The third kappa shape index (κ3) is 3.31. The fourth-order valence-corrected chi connectivity index (χ4v) is 3.73. The minimum Gasteiger partial charge on any atom is -0.495 e. The van der Waals surface area contributed by atoms with E-state index in [4.69, 9.17) is 9.26 Å². The van der Waals surface area contributed by atoms with Gasteiger partial charge in [-0.2, -0.15) is 0 Å². The van der Waals surface area contributed by atoms with Gasteiger partial charge in [-0.25, -0.2) is 8.42 Å². The van der Waals surface area contributed by atoms with Crippen LogP contribution in [0.4, 0.5) is 5.82 Å². The molecule has 1 aromatic heterocycles. The molecule has 0 saturated heterocycles. The lowest BCUT2D eigenvalue weighted by molar-refractivity contribution is 0.282. The average Bonchev–Trinajstić information content (AvgIpc) is 3.02. The monoisotopic (exact) mass is 362 g/mol. The van der Waals surface area contributed by atoms with Crippen molar-refractivity contribution in [3.8, 4) is 5.75 Å². The van der Waals surface area contributed by atoms with Gasteiger partial charge in [0, 0.05) is 0 Å². The molecule has 0 amide bonds. The number of rotatable bonds is 6. The number of aliphatic hydroxyl groups is 1. The summed E-state index contributed by atoms with van der Waals surface area (Å²) in [5.74, 6) is 0.308. The molecule has 1 heterocycles. The predicted molar refractivity (Wildman–Crippen MR) is 93.1 cm³/mol. The van der Waals surface area contributed by atoms with Crippen molar-refractivity contribution in [1.82, 2.24) is 5.16 Å². The Morgan fingerprint density at radius 1 is 1.20 bits per heavy atom. The van der Waals surface area contributed by atoms with Crippen molar-refractivity contribution in [3.05, 3.63) is 47.5 Å². The highest BCUT2D eigenvalue weighted by Crippen LogP contribution is 2.30. The number of fused-ring (bicyclic) bond motifs is 1. The first kappa shape index (κ1) is 17.2. The van der Waals surface area contributed by atoms with Gasteiger partial charge in [0.2, 0.25) is 0 Å². The van der Waals surface area contributed by atoms with Gasteiger partial charge in [0.05, 0.1) is 19.1 Å². The van der Waals surface area contributed by atoms with Crippen LogP contribution in [0, 0.1) is 0 Å². The van der Waals surface area contributed by atoms with Crippen molar-refractivity contribution in [2.75, 3.05) is 11.8 Å². The molecule has 25 heavy (non-hydrogen) atoms. The summed E-state index contributed by atoms with van der Waals surface area (Å²) in [5, 5.41) is 13.5. The number of aliphatic hydroxyl groups excluding tert-OH is 1. The molecule has 3 rings (SSSR count). The van der Waals surface area contributed by atoms with Crippen molar-refractivity contribution < 1.29 is 22.8 Å². The van der Waals surface area contributed by atoms with E-state index in [0.717, 1.165) is 5.56 Å². The van der Waals surface area contributed by atoms with Gasteiger partial charge in [0.25, 0.3) is 10.0 Å². The highest BCUT2D eigenvalue weighted by molar-refractivity contribution is 7.92. The normalized spacial score (nSPS) is 11.6. The molecule has 2 N–H and O–H groups in total. The first-order valence-corrected chi connectivity index (χ1v) is 9.15. The maximum absolute atomic E-state index is 12.8. The minimum atomic E-state index is -3.93. The quantitative estimate of drug-likeness (QED) is 0.699. The van der Waals surface area contributed by atoms with E-state index in [2.05, 4.69) is 9.88 Å². The Hall–Kier alpha value is -2.58. The van der Waals surface area contributed by atoms with Crippen molar-refractivity contribution in [2.24, 2.45) is 0 Å². The number of hydrogen-bond donors (Lipinski definition) is 2. The smallest absolute Gasteiger partial charge is 0.266 e. The van der Waals surface area contributed by atoms with Crippen molar-refractivity contribution in [2.45, 2.75) is 24.8 Å². The fourth-order valence-electron chi connectivity index (χ4n) is 2.49. The largest absolute Gasteiger partial charge is 0.495 e. The summed E-state index contributed by atoms with van der Waals surface area (Å²) in [6.07, 6.45) is 0.694. The number of nitrogens with zero attached hydrogens (tertiary/aromatic N) is 1. The fraction of sp³-hybridized carbons (Fsp3) is 0.235. The van der Waals surface area contributed by atoms with Crippen LogP contribution in [0.5, 0.6) is 5.75 Å². The minimum absolute atomic E-state index is 0.0313. The molecular formula is C17H18N2O5S. The van der Waals surface area contributed by atoms with Crippen LogP contribution in [0.3, 0.4) is 0 Å². The van der Waals surface area contributed by atoms with Crippen molar-refractivity contribution >= 4 is 26.8 Å². The summed E-state index contributed by atoms with van der Waals surface area (Å²) in [6.45, 7) is 1.77. The van der Waals surface area contributed by atoms with Crippen LogP contribution in [0.2, 0.25) is 0 Å². The number of ether oxygens (including phenoxy) is 1. The predicted octanol–water partition coefficient (Wildman–Crippen LogP) is 2.69. The third-order valence-corrected chi connectivity index (χ3v) is 5.23. The van der Waals surface area contributed by atoms with Crippen LogP contribution in [0.15, 0.2) is 45.8 Å². The molecule has 3 aromatic rings. The van der Waals surface area contributed by atoms with E-state index in [9.17, 15) is 13.5 Å². The summed E-state index contributed by atoms with van der Waals surface area (Å²) in [5.41, 5.74) is 1.92. The molecule has 0 aliphatic carbocycles. The van der Waals surface area contributed by atoms with E-state index in [1.165, 1.54) is 7.11 Å². The molecule has 0 aliphatic rings. The summed E-state index contributed by atoms with van der Waals surface area (Å²) < 4.78 is 38.4. The second-order valence-corrected chi connectivity index (χ2v) is 7.11. The second-order valence-electron chi connectivity index (χ2n) is 5.46. The maximum atomic E-state index is 12.8. The molecule has 7 nitrogen and oxygen atoms in total. The zero-order valence-corrected chi connectivity index (χ0v) is 14.6. The van der Waals surface area contributed by atoms with Crippen molar-refractivity contribution in [1.29, 1.82) is 0 Å². The standard InChI is InChI=1S/C17H18N2O5S/c1-3-11-4-7-15(23-2)16(9-11)25(21,22)19-17-13-8-12(10-20)5-6-14(13)24-18-17/h4-9,20H,3,10H2,1-2H3,(H,18,19). The molecule has 0 atom stereocenters. The van der Waals surface area contributed by atoms with E-state index in [-0.39, 0.29) is 23.1 Å². The topological polar surface area (TPSA) is 102 Å². The molecule has 0 aliphatic heterocycles. The van der Waals surface area contributed by atoms with Crippen LogP contribution in [-0.2, 0) is 23.1 Å². The number of benzene rings is 2. The molecule has 0 radical (unpaired) electrons. The molecule has 0 fully saturated rings. The Bertz CT molecular complexity index is 1010. The van der Waals surface area contributed by atoms with Crippen LogP contribution in [-0.4, -0.2) is 25.8 Å². The number of nitrogens with one attached hydrogen (secondary N) is 1. The Morgan fingerprint density at radius 2 is 1.96 bits per heavy atom. The van der Waals surface area contributed by atoms with Gasteiger partial charge in [0.15, 0.2) is 11.4 Å². The zero-order valence-electron chi connectivity index (χ0n) is 13.8. The van der Waals surface area contributed by atoms with Gasteiger partial charge < -0.3 is 14.4 Å². The van der Waals surface area contributed by atoms with Crippen LogP contribution in [0.25, 0.3) is 11.0 Å². The lowest BCUT2D eigenvalue weighted by atomic mass is 10.2. The first-order chi connectivity index (χ1) is 12.0. The average molecular weight is 362 g/mol. The number of aromatic nitrogens is 1. The van der Waals surface area contributed by atoms with Crippen LogP contribution in [0.1, 0.15) is 18.1 Å². The number of hydrogen-bond acceptors (Lipinski definition) is 6. The van der Waals surface area contributed by atoms with Gasteiger partial charge >= 0.3 is 0 Å². The summed E-state index contributed by atoms with van der Waals surface area (Å²) in [7, 11) is -2.51. The molecular weight excluding hydrogens is 344 g/mol. The lowest BCUT2D eigenvalue weighted by Gasteiger charge is -2.11. The zero-order chi connectivity index (χ0) is 18.0. The van der Waals surface area contributed by atoms with Crippen LogP contribution < -0.4 is 9.46 Å². The highest BCUT2D eigenvalue weighted by atomic mass is 32.2. The Morgan fingerprint density at radius 3 is 2.64 bits per heavy atom. The van der Waals surface area contributed by atoms with Crippen molar-refractivity contribution in [3.63, 3.8) is 0 Å². The van der Waals surface area contributed by atoms with Gasteiger partial charge in [-0.3, -0.25) is 4.72 Å². The van der Waals surface area contributed by atoms with Gasteiger partial charge in [0.1, 0.15) is 10.6 Å². The highest BCUT2D eigenvalue weighted by Gasteiger charge is 2.23. The number of anilines is 1. The Balaban J connectivity index is 2.05. The van der Waals surface area contributed by atoms with Gasteiger partial charge in [-0.1, -0.05) is 24.2 Å². The summed E-state index contributed by atoms with van der Waals surface area (Å²) in [4.78, 5) is 0.0313. The van der Waals surface area contributed by atoms with E-state index < -0.39 is 10.0 Å². The molecule has 0 bridgehead atoms. The maximum Gasteiger partial charge on any atom is 0.266 e. The van der Waals surface area contributed by atoms with E-state index >= 15 is 0 Å². The third-order valence-electron chi connectivity index (χ3n) is 3.87. The molecule has 0 saturated carbocycles. The Labute approximate surface area is 145 Å². The molecule has 0 spiro atoms. The van der Waals surface area contributed by atoms with E-state index in [1.807, 2.05) is 13.0 Å². The van der Waals surface area contributed by atoms with E-state index in [0.29, 0.717) is 23.0 Å². The lowest BCUT2D eigenvalue weighted by Crippen LogP contribution is -2.15. The first-order valence-electron chi connectivity index (χ1n) is 7.67. The molecule has 132 valence electrons. The molecule has 8 heteroatoms. The van der Waals surface area contributed by atoms with Crippen LogP contribution >= 0.6 is 0 Å².